The lowest BCUT2D eigenvalue weighted by Gasteiger charge is -2.13. The maximum absolute atomic E-state index is 13.5. The third-order valence-corrected chi connectivity index (χ3v) is 5.25. The van der Waals surface area contributed by atoms with Crippen LogP contribution in [-0.2, 0) is 14.3 Å². The van der Waals surface area contributed by atoms with Crippen molar-refractivity contribution in [2.45, 2.75) is 13.8 Å². The molecule has 2 aromatic rings. The van der Waals surface area contributed by atoms with E-state index in [2.05, 4.69) is 0 Å². The van der Waals surface area contributed by atoms with Crippen LogP contribution >= 0.6 is 11.8 Å². The zero-order chi connectivity index (χ0) is 19.6. The van der Waals surface area contributed by atoms with Gasteiger partial charge in [-0.15, -0.1) is 11.8 Å². The lowest BCUT2D eigenvalue weighted by Crippen LogP contribution is -2.33. The SMILES string of the molecule is Cc1cc(C(=O)COC(=O)CN2CSCC2=O)c(C)n1-c1cccc(F)c1. The molecule has 1 aromatic heterocycles. The van der Waals surface area contributed by atoms with Crippen LogP contribution < -0.4 is 0 Å². The van der Waals surface area contributed by atoms with Gasteiger partial charge in [0, 0.05) is 22.6 Å². The largest absolute Gasteiger partial charge is 0.456 e. The van der Waals surface area contributed by atoms with E-state index in [1.165, 1.54) is 28.8 Å². The van der Waals surface area contributed by atoms with Gasteiger partial charge in [-0.05, 0) is 38.1 Å². The van der Waals surface area contributed by atoms with Crippen LogP contribution in [0.4, 0.5) is 4.39 Å². The lowest BCUT2D eigenvalue weighted by atomic mass is 10.1. The molecule has 0 spiro atoms. The van der Waals surface area contributed by atoms with Gasteiger partial charge in [0.25, 0.3) is 0 Å². The predicted molar refractivity (Wildman–Crippen MR) is 99.5 cm³/mol. The molecule has 0 saturated carbocycles. The number of Topliss-reactive ketones (excluding diaryl/α,β-unsaturated/α-hetero) is 1. The van der Waals surface area contributed by atoms with Gasteiger partial charge in [-0.25, -0.2) is 4.39 Å². The zero-order valence-electron chi connectivity index (χ0n) is 15.0. The minimum Gasteiger partial charge on any atom is -0.456 e. The van der Waals surface area contributed by atoms with Crippen molar-refractivity contribution in [2.24, 2.45) is 0 Å². The molecule has 3 rings (SSSR count). The molecule has 27 heavy (non-hydrogen) atoms. The fourth-order valence-corrected chi connectivity index (χ4v) is 3.93. The zero-order valence-corrected chi connectivity index (χ0v) is 15.8. The number of rotatable bonds is 6. The van der Waals surface area contributed by atoms with Crippen LogP contribution in [0.25, 0.3) is 5.69 Å². The van der Waals surface area contributed by atoms with E-state index in [1.54, 1.807) is 29.7 Å². The lowest BCUT2D eigenvalue weighted by molar-refractivity contribution is -0.146. The highest BCUT2D eigenvalue weighted by Crippen LogP contribution is 2.22. The molecule has 0 aliphatic carbocycles. The fraction of sp³-hybridized carbons (Fsp3) is 0.316. The Morgan fingerprint density at radius 1 is 1.26 bits per heavy atom. The van der Waals surface area contributed by atoms with Gasteiger partial charge in [0.05, 0.1) is 11.6 Å². The number of ether oxygens (including phenoxy) is 1. The Balaban J connectivity index is 1.68. The average molecular weight is 390 g/mol. The third-order valence-electron chi connectivity index (χ3n) is 4.31. The molecule has 0 atom stereocenters. The highest BCUT2D eigenvalue weighted by Gasteiger charge is 2.24. The summed E-state index contributed by atoms with van der Waals surface area (Å²) in [6.45, 7) is 3.02. The molecule has 0 unspecified atom stereocenters. The summed E-state index contributed by atoms with van der Waals surface area (Å²) in [5, 5.41) is 0. The molecule has 6 nitrogen and oxygen atoms in total. The number of hydrogen-bond donors (Lipinski definition) is 0. The summed E-state index contributed by atoms with van der Waals surface area (Å²) < 4.78 is 20.3. The number of benzene rings is 1. The van der Waals surface area contributed by atoms with Crippen LogP contribution in [0.1, 0.15) is 21.7 Å². The van der Waals surface area contributed by atoms with Gasteiger partial charge in [-0.3, -0.25) is 14.4 Å². The highest BCUT2D eigenvalue weighted by atomic mass is 32.2. The Bertz CT molecular complexity index is 909. The van der Waals surface area contributed by atoms with E-state index >= 15 is 0 Å². The molecule has 1 saturated heterocycles. The maximum Gasteiger partial charge on any atom is 0.326 e. The van der Waals surface area contributed by atoms with Crippen LogP contribution in [0.2, 0.25) is 0 Å². The Labute approximate surface area is 160 Å². The fourth-order valence-electron chi connectivity index (χ4n) is 3.02. The van der Waals surface area contributed by atoms with E-state index in [0.29, 0.717) is 28.6 Å². The number of esters is 1. The van der Waals surface area contributed by atoms with Gasteiger partial charge in [-0.1, -0.05) is 6.07 Å². The molecular weight excluding hydrogens is 371 g/mol. The van der Waals surface area contributed by atoms with Gasteiger partial charge in [-0.2, -0.15) is 0 Å². The number of aryl methyl sites for hydroxylation is 1. The Hall–Kier alpha value is -2.61. The molecule has 1 aromatic carbocycles. The number of amides is 1. The van der Waals surface area contributed by atoms with Gasteiger partial charge in [0.1, 0.15) is 12.4 Å². The first-order valence-electron chi connectivity index (χ1n) is 8.36. The second-order valence-corrected chi connectivity index (χ2v) is 7.21. The number of halogens is 1. The van der Waals surface area contributed by atoms with Crippen molar-refractivity contribution in [2.75, 3.05) is 24.8 Å². The molecule has 1 aliphatic heterocycles. The molecule has 8 heteroatoms. The number of hydrogen-bond acceptors (Lipinski definition) is 5. The summed E-state index contributed by atoms with van der Waals surface area (Å²) in [6, 6.07) is 7.79. The molecule has 1 fully saturated rings. The Kier molecular flexibility index (Phi) is 5.65. The number of nitrogens with zero attached hydrogens (tertiary/aromatic N) is 2. The van der Waals surface area contributed by atoms with Crippen molar-refractivity contribution in [1.82, 2.24) is 9.47 Å². The molecule has 1 amide bonds. The smallest absolute Gasteiger partial charge is 0.326 e. The Morgan fingerprint density at radius 3 is 2.70 bits per heavy atom. The molecule has 0 radical (unpaired) electrons. The van der Waals surface area contributed by atoms with Crippen molar-refractivity contribution >= 4 is 29.4 Å². The first-order valence-corrected chi connectivity index (χ1v) is 9.51. The number of carbonyl (C=O) groups is 3. The minimum atomic E-state index is -0.613. The molecule has 0 N–H and O–H groups in total. The van der Waals surface area contributed by atoms with E-state index in [0.717, 1.165) is 5.69 Å². The quantitative estimate of drug-likeness (QED) is 0.560. The summed E-state index contributed by atoms with van der Waals surface area (Å²) in [5.41, 5.74) is 2.45. The van der Waals surface area contributed by atoms with Crippen molar-refractivity contribution in [3.63, 3.8) is 0 Å². The average Bonchev–Trinajstić information content (AvgIpc) is 3.15. The maximum atomic E-state index is 13.5. The van der Waals surface area contributed by atoms with Crippen LogP contribution in [0.3, 0.4) is 0 Å². The van der Waals surface area contributed by atoms with Crippen LogP contribution in [0.5, 0.6) is 0 Å². The summed E-state index contributed by atoms with van der Waals surface area (Å²) in [7, 11) is 0. The van der Waals surface area contributed by atoms with Gasteiger partial charge in [0.15, 0.2) is 6.61 Å². The van der Waals surface area contributed by atoms with Gasteiger partial charge < -0.3 is 14.2 Å². The summed E-state index contributed by atoms with van der Waals surface area (Å²) in [4.78, 5) is 37.3. The summed E-state index contributed by atoms with van der Waals surface area (Å²) in [5.74, 6) is -0.618. The van der Waals surface area contributed by atoms with Crippen molar-refractivity contribution in [3.8, 4) is 5.69 Å². The van der Waals surface area contributed by atoms with Crippen LogP contribution in [0.15, 0.2) is 30.3 Å². The second-order valence-electron chi connectivity index (χ2n) is 6.25. The monoisotopic (exact) mass is 390 g/mol. The number of ketones is 1. The molecule has 1 aliphatic rings. The second kappa shape index (κ2) is 7.96. The minimum absolute atomic E-state index is 0.109. The topological polar surface area (TPSA) is 68.6 Å². The Morgan fingerprint density at radius 2 is 2.04 bits per heavy atom. The molecule has 142 valence electrons. The van der Waals surface area contributed by atoms with Crippen LogP contribution in [-0.4, -0.2) is 51.9 Å². The van der Waals surface area contributed by atoms with E-state index in [-0.39, 0.29) is 24.1 Å². The van der Waals surface area contributed by atoms with Crippen molar-refractivity contribution in [1.29, 1.82) is 0 Å². The molecule has 2 heterocycles. The highest BCUT2D eigenvalue weighted by molar-refractivity contribution is 8.00. The molecular formula is C19H19FN2O4S. The molecule has 0 bridgehead atoms. The number of thioether (sulfide) groups is 1. The third kappa shape index (κ3) is 4.21. The standard InChI is InChI=1S/C19H19FN2O4S/c1-12-6-16(13(2)22(12)15-5-3-4-14(20)7-15)17(23)9-26-19(25)8-21-11-27-10-18(21)24/h3-7H,8-11H2,1-2H3. The van der Waals surface area contributed by atoms with E-state index in [4.69, 9.17) is 4.74 Å². The number of carbonyl (C=O) groups excluding carboxylic acids is 3. The first kappa shape index (κ1) is 19.2. The van der Waals surface area contributed by atoms with E-state index < -0.39 is 12.6 Å². The van der Waals surface area contributed by atoms with Gasteiger partial charge in [0.2, 0.25) is 11.7 Å². The van der Waals surface area contributed by atoms with Crippen LogP contribution in [0, 0.1) is 19.7 Å². The summed E-state index contributed by atoms with van der Waals surface area (Å²) in [6.07, 6.45) is 0. The van der Waals surface area contributed by atoms with Crippen molar-refractivity contribution < 1.29 is 23.5 Å². The summed E-state index contributed by atoms with van der Waals surface area (Å²) >= 11 is 1.43. The van der Waals surface area contributed by atoms with E-state index in [9.17, 15) is 18.8 Å². The number of aromatic nitrogens is 1. The van der Waals surface area contributed by atoms with Gasteiger partial charge >= 0.3 is 5.97 Å². The van der Waals surface area contributed by atoms with E-state index in [1.807, 2.05) is 6.92 Å². The predicted octanol–water partition coefficient (Wildman–Crippen LogP) is 2.49. The first-order chi connectivity index (χ1) is 12.9. The normalized spacial score (nSPS) is 13.9. The van der Waals surface area contributed by atoms with Crippen molar-refractivity contribution in [3.05, 3.63) is 53.1 Å².